The Morgan fingerprint density at radius 1 is 0.857 bits per heavy atom. The molecule has 7 N–H and O–H groups in total. The van der Waals surface area contributed by atoms with Gasteiger partial charge in [-0.2, -0.15) is 0 Å². The van der Waals surface area contributed by atoms with Crippen LogP contribution in [0.2, 0.25) is 0 Å². The van der Waals surface area contributed by atoms with Gasteiger partial charge in [0.15, 0.2) is 0 Å². The van der Waals surface area contributed by atoms with E-state index in [0.717, 1.165) is 16.7 Å². The van der Waals surface area contributed by atoms with E-state index in [2.05, 4.69) is 5.32 Å². The molecular weight excluding hydrogens is 440 g/mol. The van der Waals surface area contributed by atoms with E-state index in [1.807, 2.05) is 44.2 Å². The number of benzene rings is 3. The van der Waals surface area contributed by atoms with E-state index < -0.39 is 11.8 Å². The maximum absolute atomic E-state index is 13.0. The third kappa shape index (κ3) is 6.77. The molecule has 8 heteroatoms. The van der Waals surface area contributed by atoms with Gasteiger partial charge in [0.25, 0.3) is 0 Å². The van der Waals surface area contributed by atoms with Gasteiger partial charge in [0.05, 0.1) is 0 Å². The molecule has 0 bridgehead atoms. The highest BCUT2D eigenvalue weighted by atomic mass is 16.2. The molecule has 3 aromatic rings. The molecule has 3 aromatic carbocycles. The molecule has 0 saturated heterocycles. The minimum Gasteiger partial charge on any atom is -0.384 e. The lowest BCUT2D eigenvalue weighted by Crippen LogP contribution is -2.41. The van der Waals surface area contributed by atoms with Gasteiger partial charge in [-0.1, -0.05) is 68.4 Å². The van der Waals surface area contributed by atoms with Crippen LogP contribution in [-0.2, 0) is 16.1 Å². The number of amidine groups is 2. The first-order chi connectivity index (χ1) is 16.6. The number of anilines is 1. The van der Waals surface area contributed by atoms with Gasteiger partial charge in [-0.3, -0.25) is 20.4 Å². The maximum atomic E-state index is 13.0. The number of carbonyl (C=O) groups excluding carboxylic acids is 2. The van der Waals surface area contributed by atoms with Crippen molar-refractivity contribution in [3.05, 3.63) is 89.5 Å². The molecule has 0 fully saturated rings. The van der Waals surface area contributed by atoms with Gasteiger partial charge in [0, 0.05) is 29.9 Å². The van der Waals surface area contributed by atoms with Crippen molar-refractivity contribution in [1.82, 2.24) is 4.90 Å². The zero-order valence-corrected chi connectivity index (χ0v) is 19.8. The van der Waals surface area contributed by atoms with Crippen molar-refractivity contribution in [2.24, 2.45) is 17.4 Å². The number of nitrogen functional groups attached to an aromatic ring is 2. The number of nitrogens with two attached hydrogens (primary N) is 2. The van der Waals surface area contributed by atoms with E-state index in [0.29, 0.717) is 23.4 Å². The van der Waals surface area contributed by atoms with Gasteiger partial charge in [0.2, 0.25) is 0 Å². The van der Waals surface area contributed by atoms with E-state index in [-0.39, 0.29) is 24.1 Å². The molecule has 0 saturated carbocycles. The molecule has 0 spiro atoms. The van der Waals surface area contributed by atoms with Crippen LogP contribution in [0, 0.1) is 16.7 Å². The highest BCUT2D eigenvalue weighted by Gasteiger charge is 2.23. The third-order valence-electron chi connectivity index (χ3n) is 5.35. The Morgan fingerprint density at radius 3 is 1.97 bits per heavy atom. The van der Waals surface area contributed by atoms with Crippen LogP contribution < -0.4 is 16.8 Å². The molecule has 8 nitrogen and oxygen atoms in total. The standard InChI is InChI=1S/C27H30N6O2/c1-17(2)15-33(16-18-4-3-5-22(14-18)25(30)31)27(35)26(34)32-23-12-10-20(11-13-23)19-6-8-21(9-7-19)24(28)29/h3-14,17H,15-16H2,1-2H3,(H3,28,29)(H3,30,31)(H,32,34). The van der Waals surface area contributed by atoms with Crippen LogP contribution in [0.15, 0.2) is 72.8 Å². The lowest BCUT2D eigenvalue weighted by Gasteiger charge is -2.24. The molecule has 0 unspecified atom stereocenters. The average Bonchev–Trinajstić information content (AvgIpc) is 2.83. The average molecular weight is 471 g/mol. The summed E-state index contributed by atoms with van der Waals surface area (Å²) in [6, 6.07) is 21.6. The van der Waals surface area contributed by atoms with Crippen LogP contribution in [0.1, 0.15) is 30.5 Å². The molecule has 0 aliphatic rings. The molecule has 0 aliphatic heterocycles. The van der Waals surface area contributed by atoms with Crippen LogP contribution in [0.3, 0.4) is 0 Å². The Labute approximate surface area is 205 Å². The molecule has 2 amide bonds. The van der Waals surface area contributed by atoms with Crippen LogP contribution in [-0.4, -0.2) is 34.9 Å². The summed E-state index contributed by atoms with van der Waals surface area (Å²) in [6.45, 7) is 4.60. The second-order valence-electron chi connectivity index (χ2n) is 8.72. The number of nitrogens with one attached hydrogen (secondary N) is 3. The monoisotopic (exact) mass is 470 g/mol. The Balaban J connectivity index is 1.70. The topological polar surface area (TPSA) is 149 Å². The fraction of sp³-hybridized carbons (Fsp3) is 0.185. The molecular formula is C27H30N6O2. The van der Waals surface area contributed by atoms with Crippen molar-refractivity contribution in [3.8, 4) is 11.1 Å². The van der Waals surface area contributed by atoms with Crippen LogP contribution >= 0.6 is 0 Å². The SMILES string of the molecule is CC(C)CN(Cc1cccc(C(=N)N)c1)C(=O)C(=O)Nc1ccc(-c2ccc(C(=N)N)cc2)cc1. The van der Waals surface area contributed by atoms with Crippen molar-refractivity contribution in [2.45, 2.75) is 20.4 Å². The van der Waals surface area contributed by atoms with Gasteiger partial charge in [-0.05, 0) is 40.8 Å². The molecule has 0 aromatic heterocycles. The maximum Gasteiger partial charge on any atom is 0.313 e. The second kappa shape index (κ2) is 11.1. The van der Waals surface area contributed by atoms with E-state index >= 15 is 0 Å². The summed E-state index contributed by atoms with van der Waals surface area (Å²) >= 11 is 0. The summed E-state index contributed by atoms with van der Waals surface area (Å²) in [7, 11) is 0. The zero-order chi connectivity index (χ0) is 25.5. The van der Waals surface area contributed by atoms with Crippen LogP contribution in [0.5, 0.6) is 0 Å². The smallest absolute Gasteiger partial charge is 0.313 e. The summed E-state index contributed by atoms with van der Waals surface area (Å²) < 4.78 is 0. The largest absolute Gasteiger partial charge is 0.384 e. The normalized spacial score (nSPS) is 10.6. The third-order valence-corrected chi connectivity index (χ3v) is 5.35. The Morgan fingerprint density at radius 2 is 1.43 bits per heavy atom. The Kier molecular flexibility index (Phi) is 7.99. The van der Waals surface area contributed by atoms with Crippen molar-refractivity contribution in [1.29, 1.82) is 10.8 Å². The number of amides is 2. The first-order valence-electron chi connectivity index (χ1n) is 11.2. The lowest BCUT2D eigenvalue weighted by molar-refractivity contribution is -0.143. The molecule has 0 atom stereocenters. The van der Waals surface area contributed by atoms with Gasteiger partial charge in [0.1, 0.15) is 11.7 Å². The quantitative estimate of drug-likeness (QED) is 0.194. The number of carbonyl (C=O) groups is 2. The Hall–Kier alpha value is -4.46. The molecule has 0 aliphatic carbocycles. The fourth-order valence-electron chi connectivity index (χ4n) is 3.63. The number of rotatable bonds is 8. The van der Waals surface area contributed by atoms with Crippen molar-refractivity contribution in [2.75, 3.05) is 11.9 Å². The summed E-state index contributed by atoms with van der Waals surface area (Å²) in [5, 5.41) is 17.8. The van der Waals surface area contributed by atoms with Gasteiger partial charge in [-0.15, -0.1) is 0 Å². The van der Waals surface area contributed by atoms with Crippen molar-refractivity contribution >= 4 is 29.2 Å². The predicted molar refractivity (Wildman–Crippen MR) is 139 cm³/mol. The fourth-order valence-corrected chi connectivity index (χ4v) is 3.63. The second-order valence-corrected chi connectivity index (χ2v) is 8.72. The highest BCUT2D eigenvalue weighted by Crippen LogP contribution is 2.22. The van der Waals surface area contributed by atoms with Crippen molar-refractivity contribution in [3.63, 3.8) is 0 Å². The van der Waals surface area contributed by atoms with Crippen LogP contribution in [0.25, 0.3) is 11.1 Å². The minimum absolute atomic E-state index is 0.0114. The Bertz CT molecular complexity index is 1230. The lowest BCUT2D eigenvalue weighted by atomic mass is 10.0. The van der Waals surface area contributed by atoms with Gasteiger partial charge >= 0.3 is 11.8 Å². The predicted octanol–water partition coefficient (Wildman–Crippen LogP) is 3.55. The number of hydrogen-bond donors (Lipinski definition) is 5. The highest BCUT2D eigenvalue weighted by molar-refractivity contribution is 6.39. The zero-order valence-electron chi connectivity index (χ0n) is 19.8. The number of hydrogen-bond acceptors (Lipinski definition) is 4. The van der Waals surface area contributed by atoms with E-state index in [9.17, 15) is 9.59 Å². The molecule has 35 heavy (non-hydrogen) atoms. The first kappa shape index (κ1) is 25.2. The molecule has 180 valence electrons. The summed E-state index contributed by atoms with van der Waals surface area (Å²) in [5.41, 5.74) is 15.5. The van der Waals surface area contributed by atoms with Crippen LogP contribution in [0.4, 0.5) is 5.69 Å². The molecule has 0 heterocycles. The summed E-state index contributed by atoms with van der Waals surface area (Å²) in [6.07, 6.45) is 0. The molecule has 3 rings (SSSR count). The number of nitrogens with zero attached hydrogens (tertiary/aromatic N) is 1. The summed E-state index contributed by atoms with van der Waals surface area (Å²) in [4.78, 5) is 27.3. The van der Waals surface area contributed by atoms with Crippen molar-refractivity contribution < 1.29 is 9.59 Å². The van der Waals surface area contributed by atoms with E-state index in [1.54, 1.807) is 42.5 Å². The van der Waals surface area contributed by atoms with E-state index in [1.165, 1.54) is 4.90 Å². The van der Waals surface area contributed by atoms with Gasteiger partial charge < -0.3 is 21.7 Å². The van der Waals surface area contributed by atoms with E-state index in [4.69, 9.17) is 22.3 Å². The van der Waals surface area contributed by atoms with Gasteiger partial charge in [-0.25, -0.2) is 0 Å². The molecule has 0 radical (unpaired) electrons. The summed E-state index contributed by atoms with van der Waals surface area (Å²) in [5.74, 6) is -1.22. The minimum atomic E-state index is -0.716. The first-order valence-corrected chi connectivity index (χ1v) is 11.2.